The summed E-state index contributed by atoms with van der Waals surface area (Å²) < 4.78 is 77.5. The molecule has 0 aromatic heterocycles. The molecule has 244 valence electrons. The molecule has 2 aromatic carbocycles. The van der Waals surface area contributed by atoms with Gasteiger partial charge in [-0.15, -0.1) is 0 Å². The quantitative estimate of drug-likeness (QED) is 0.0896. The van der Waals surface area contributed by atoms with E-state index in [1.807, 2.05) is 0 Å². The number of carbonyl (C=O) groups is 4. The molecule has 5 rings (SSSR count). The topological polar surface area (TPSA) is 260 Å². The van der Waals surface area contributed by atoms with Crippen LogP contribution in [0.5, 0.6) is 0 Å². The number of imide groups is 1. The van der Waals surface area contributed by atoms with Crippen LogP contribution < -0.4 is 16.5 Å². The van der Waals surface area contributed by atoms with E-state index in [-0.39, 0.29) is 47.0 Å². The fourth-order valence-corrected chi connectivity index (χ4v) is 6.58. The first-order valence-corrected chi connectivity index (χ1v) is 16.3. The van der Waals surface area contributed by atoms with Gasteiger partial charge in [0.2, 0.25) is 10.3 Å². The fourth-order valence-electron chi connectivity index (χ4n) is 5.09. The number of amides is 3. The molecule has 1 aliphatic carbocycles. The summed E-state index contributed by atoms with van der Waals surface area (Å²) >= 11 is 0. The van der Waals surface area contributed by atoms with E-state index in [2.05, 4.69) is 0 Å². The highest BCUT2D eigenvalue weighted by Crippen LogP contribution is 2.45. The minimum Gasteiger partial charge on any atom is -0.744 e. The number of nitrogen functional groups attached to an aromatic ring is 1. The molecule has 0 bridgehead atoms. The van der Waals surface area contributed by atoms with Crippen molar-refractivity contribution in [3.8, 4) is 22.5 Å². The van der Waals surface area contributed by atoms with E-state index in [1.54, 1.807) is 6.07 Å². The number of benzene rings is 3. The summed E-state index contributed by atoms with van der Waals surface area (Å²) in [7, 11) is -8.99. The van der Waals surface area contributed by atoms with Crippen molar-refractivity contribution in [3.05, 3.63) is 71.6 Å². The van der Waals surface area contributed by atoms with Crippen LogP contribution in [-0.4, -0.2) is 73.2 Å². The lowest BCUT2D eigenvalue weighted by molar-refractivity contribution is -0.196. The summed E-state index contributed by atoms with van der Waals surface area (Å²) in [4.78, 5) is 53.3. The second kappa shape index (κ2) is 12.1. The number of hydroxylamine groups is 2. The normalized spacial score (nSPS) is 13.5. The molecule has 0 atom stereocenters. The van der Waals surface area contributed by atoms with Gasteiger partial charge >= 0.3 is 16.1 Å². The van der Waals surface area contributed by atoms with Gasteiger partial charge in [0.1, 0.15) is 15.0 Å². The van der Waals surface area contributed by atoms with Crippen LogP contribution in [0.4, 0.5) is 5.69 Å². The molecule has 0 radical (unpaired) electrons. The zero-order chi connectivity index (χ0) is 34.4. The van der Waals surface area contributed by atoms with Crippen LogP contribution in [0.2, 0.25) is 0 Å². The van der Waals surface area contributed by atoms with Gasteiger partial charge < -0.3 is 24.4 Å². The Balaban J connectivity index is 1.59. The summed E-state index contributed by atoms with van der Waals surface area (Å²) in [6.45, 7) is -0.00737. The molecule has 2 aromatic rings. The maximum Gasteiger partial charge on any atom is 0.333 e. The fraction of sp³-hybridized carbons (Fsp3) is 0.138. The Morgan fingerprint density at radius 3 is 2.30 bits per heavy atom. The lowest BCUT2D eigenvalue weighted by Crippen LogP contribution is -2.47. The monoisotopic (exact) mass is 684 g/mol. The van der Waals surface area contributed by atoms with Crippen LogP contribution in [-0.2, 0) is 39.5 Å². The minimum absolute atomic E-state index is 0.00737. The molecule has 16 nitrogen and oxygen atoms in total. The van der Waals surface area contributed by atoms with Crippen molar-refractivity contribution in [2.24, 2.45) is 0 Å². The highest BCUT2D eigenvalue weighted by atomic mass is 32.2. The van der Waals surface area contributed by atoms with E-state index >= 15 is 0 Å². The molecule has 5 N–H and O–H groups in total. The van der Waals surface area contributed by atoms with Crippen LogP contribution in [0.15, 0.2) is 74.9 Å². The zero-order valence-corrected chi connectivity index (χ0v) is 25.8. The Morgan fingerprint density at radius 1 is 1.00 bits per heavy atom. The first-order valence-electron chi connectivity index (χ1n) is 13.5. The average Bonchev–Trinajstić information content (AvgIpc) is 3.30. The average molecular weight is 685 g/mol. The molecular formula is C29H24N4O12S2. The Labute approximate surface area is 265 Å². The van der Waals surface area contributed by atoms with Gasteiger partial charge in [-0.05, 0) is 36.2 Å². The van der Waals surface area contributed by atoms with Gasteiger partial charge in [0.25, 0.3) is 17.7 Å². The van der Waals surface area contributed by atoms with Gasteiger partial charge in [-0.3, -0.25) is 24.3 Å². The van der Waals surface area contributed by atoms with Crippen LogP contribution in [0.1, 0.15) is 23.2 Å². The number of carbonyl (C=O) groups excluding carboxylic acids is 4. The lowest BCUT2D eigenvalue weighted by atomic mass is 9.90. The smallest absolute Gasteiger partial charge is 0.333 e. The molecule has 0 unspecified atom stereocenters. The van der Waals surface area contributed by atoms with E-state index in [0.29, 0.717) is 5.06 Å². The Hall–Kier alpha value is -5.43. The van der Waals surface area contributed by atoms with Gasteiger partial charge in [0.15, 0.2) is 11.3 Å². The van der Waals surface area contributed by atoms with Crippen LogP contribution in [0.25, 0.3) is 33.4 Å². The van der Waals surface area contributed by atoms with E-state index < -0.39 is 76.1 Å². The number of nitrogens with two attached hydrogens (primary N) is 2. The Kier molecular flexibility index (Phi) is 8.46. The number of nitrogens with zero attached hydrogens (tertiary/aromatic N) is 2. The molecule has 0 saturated carbocycles. The first kappa shape index (κ1) is 32.9. The Morgan fingerprint density at radius 2 is 1.66 bits per heavy atom. The molecule has 2 heterocycles. The SMILES string of the molecule is CN(CCCC(=O)ON1C(=O)C=CC1=O)C(=O)c1ccccc1-c1c2ccc(=[NH2+])c(S(=O)(=O)O)c-2oc2c(S(=O)(=O)[O-])c(N)ccc12. The summed E-state index contributed by atoms with van der Waals surface area (Å²) in [5, 5.41) is 5.68. The van der Waals surface area contributed by atoms with Crippen molar-refractivity contribution in [3.63, 3.8) is 0 Å². The first-order chi connectivity index (χ1) is 22.0. The van der Waals surface area contributed by atoms with E-state index in [0.717, 1.165) is 24.3 Å². The predicted molar refractivity (Wildman–Crippen MR) is 159 cm³/mol. The standard InChI is InChI=1S/C29H24N4O12S2/c1-32(14-4-7-23(36)45-33-21(34)12-13-22(33)35)29(37)16-6-3-2-5-15(16)24-17-8-10-19(30)27(46(38,39)40)25(17)44-26-18(24)9-11-20(31)28(26)47(41,42)43/h2-3,5-6,8-13,30H,4,7,14,31H2,1H3,(H,38,39,40)(H,41,42,43). The van der Waals surface area contributed by atoms with E-state index in [9.17, 15) is 45.1 Å². The van der Waals surface area contributed by atoms with Crippen LogP contribution in [0.3, 0.4) is 0 Å². The summed E-state index contributed by atoms with van der Waals surface area (Å²) in [6.07, 6.45) is 1.69. The highest BCUT2D eigenvalue weighted by molar-refractivity contribution is 7.86. The number of fused-ring (bicyclic) bond motifs is 2. The second-order valence-electron chi connectivity index (χ2n) is 10.3. The zero-order valence-electron chi connectivity index (χ0n) is 24.2. The van der Waals surface area contributed by atoms with Gasteiger partial charge in [0.05, 0.1) is 5.69 Å². The number of rotatable bonds is 9. The van der Waals surface area contributed by atoms with E-state index in [4.69, 9.17) is 20.4 Å². The van der Waals surface area contributed by atoms with Gasteiger partial charge in [-0.25, -0.2) is 13.2 Å². The third kappa shape index (κ3) is 6.21. The molecule has 0 saturated heterocycles. The number of hydrogen-bond acceptors (Lipinski definition) is 12. The van der Waals surface area contributed by atoms with Crippen LogP contribution >= 0.6 is 0 Å². The minimum atomic E-state index is -5.33. The predicted octanol–water partition coefficient (Wildman–Crippen LogP) is -0.167. The maximum atomic E-state index is 13.8. The van der Waals surface area contributed by atoms with Gasteiger partial charge in [-0.1, -0.05) is 23.3 Å². The molecule has 18 heteroatoms. The third-order valence-corrected chi connectivity index (χ3v) is 9.00. The molecular weight excluding hydrogens is 660 g/mol. The molecule has 3 amide bonds. The van der Waals surface area contributed by atoms with E-state index in [1.165, 1.54) is 42.3 Å². The van der Waals surface area contributed by atoms with Crippen molar-refractivity contribution in [1.82, 2.24) is 9.96 Å². The largest absolute Gasteiger partial charge is 0.744 e. The Bertz CT molecular complexity index is 2280. The molecule has 3 aliphatic rings. The summed E-state index contributed by atoms with van der Waals surface area (Å²) in [6, 6.07) is 10.9. The maximum absolute atomic E-state index is 13.8. The molecule has 2 aliphatic heterocycles. The molecule has 0 spiro atoms. The van der Waals surface area contributed by atoms with Crippen molar-refractivity contribution in [1.29, 1.82) is 0 Å². The van der Waals surface area contributed by atoms with Crippen molar-refractivity contribution in [2.45, 2.75) is 22.6 Å². The highest BCUT2D eigenvalue weighted by Gasteiger charge is 2.32. The van der Waals surface area contributed by atoms with Crippen molar-refractivity contribution < 1.29 is 59.8 Å². The number of hydrogen-bond donors (Lipinski definition) is 3. The second-order valence-corrected chi connectivity index (χ2v) is 12.9. The van der Waals surface area contributed by atoms with Crippen molar-refractivity contribution in [2.75, 3.05) is 19.3 Å². The van der Waals surface area contributed by atoms with Crippen LogP contribution in [0, 0.1) is 0 Å². The third-order valence-electron chi connectivity index (χ3n) is 7.15. The number of anilines is 1. The lowest BCUT2D eigenvalue weighted by Gasteiger charge is -2.23. The van der Waals surface area contributed by atoms with Gasteiger partial charge in [-0.2, -0.15) is 8.42 Å². The van der Waals surface area contributed by atoms with Crippen molar-refractivity contribution >= 4 is 60.6 Å². The van der Waals surface area contributed by atoms with Gasteiger partial charge in [0, 0.05) is 60.3 Å². The molecule has 0 fully saturated rings. The summed E-state index contributed by atoms with van der Waals surface area (Å²) in [5.74, 6) is -3.71. The molecule has 47 heavy (non-hydrogen) atoms. The summed E-state index contributed by atoms with van der Waals surface area (Å²) in [5.41, 5.74) is 4.88.